The molecule has 53 heavy (non-hydrogen) atoms. The van der Waals surface area contributed by atoms with Crippen molar-refractivity contribution in [3.63, 3.8) is 0 Å². The number of rotatable bonds is 17. The zero-order valence-electron chi connectivity index (χ0n) is 35.1. The molecular formula is C42H73NO10. The summed E-state index contributed by atoms with van der Waals surface area (Å²) in [6, 6.07) is 4.10. The average molecular weight is 752 g/mol. The lowest BCUT2D eigenvalue weighted by molar-refractivity contribution is -0.203. The fourth-order valence-electron chi connectivity index (χ4n) is 8.53. The van der Waals surface area contributed by atoms with E-state index in [1.807, 2.05) is 40.7 Å². The molecule has 4 aliphatic rings. The Balaban J connectivity index is 0.00000183. The highest BCUT2D eigenvalue weighted by Gasteiger charge is 2.68. The summed E-state index contributed by atoms with van der Waals surface area (Å²) >= 11 is 0. The van der Waals surface area contributed by atoms with Crippen LogP contribution in [0, 0.1) is 30.1 Å². The Morgan fingerprint density at radius 1 is 0.925 bits per heavy atom. The molecule has 11 nitrogen and oxygen atoms in total. The SMILES string of the molecule is CC.CC.COCCOCCOCCOCCOC(=O)Oc1ccc(C)c2c1O[C@H]1C(OC)C(C(C)(O)C(C)(C)C)CC3C(C)N(CC4CC4)CCC231. The van der Waals surface area contributed by atoms with Crippen molar-refractivity contribution in [1.29, 1.82) is 0 Å². The van der Waals surface area contributed by atoms with Gasteiger partial charge in [0.1, 0.15) is 18.8 Å². The van der Waals surface area contributed by atoms with Gasteiger partial charge in [-0.2, -0.15) is 0 Å². The fourth-order valence-corrected chi connectivity index (χ4v) is 8.53. The molecular weight excluding hydrogens is 678 g/mol. The summed E-state index contributed by atoms with van der Waals surface area (Å²) in [5.41, 5.74) is 0.476. The molecule has 1 N–H and O–H groups in total. The predicted octanol–water partition coefficient (Wildman–Crippen LogP) is 7.21. The predicted molar refractivity (Wildman–Crippen MR) is 207 cm³/mol. The molecule has 1 spiro atoms. The van der Waals surface area contributed by atoms with Gasteiger partial charge < -0.3 is 47.9 Å². The van der Waals surface area contributed by atoms with E-state index in [1.165, 1.54) is 12.8 Å². The van der Waals surface area contributed by atoms with E-state index < -0.39 is 11.8 Å². The minimum absolute atomic E-state index is 0.0478. The number of aliphatic hydroxyl groups is 1. The maximum absolute atomic E-state index is 12.9. The molecule has 2 aliphatic carbocycles. The number of aryl methyl sites for hydroxylation is 1. The normalized spacial score (nSPS) is 27.4. The van der Waals surface area contributed by atoms with Crippen LogP contribution in [-0.2, 0) is 33.8 Å². The first-order valence-electron chi connectivity index (χ1n) is 20.2. The van der Waals surface area contributed by atoms with Crippen LogP contribution in [0.1, 0.15) is 99.1 Å². The molecule has 3 fully saturated rings. The van der Waals surface area contributed by atoms with Crippen molar-refractivity contribution in [1.82, 2.24) is 4.90 Å². The average Bonchev–Trinajstić information content (AvgIpc) is 3.89. The Morgan fingerprint density at radius 2 is 1.51 bits per heavy atom. The van der Waals surface area contributed by atoms with Crippen LogP contribution in [0.5, 0.6) is 11.5 Å². The van der Waals surface area contributed by atoms with Crippen molar-refractivity contribution in [2.24, 2.45) is 23.2 Å². The van der Waals surface area contributed by atoms with Gasteiger partial charge in [-0.1, -0.05) is 54.5 Å². The molecule has 2 saturated carbocycles. The molecule has 0 bridgehead atoms. The summed E-state index contributed by atoms with van der Waals surface area (Å²) in [6.07, 6.45) is 2.83. The van der Waals surface area contributed by atoms with E-state index in [0.717, 1.165) is 43.0 Å². The Labute approximate surface area is 320 Å². The van der Waals surface area contributed by atoms with Crippen LogP contribution in [0.3, 0.4) is 0 Å². The number of fused-ring (bicyclic) bond motifs is 1. The van der Waals surface area contributed by atoms with Gasteiger partial charge in [0.2, 0.25) is 0 Å². The van der Waals surface area contributed by atoms with Crippen molar-refractivity contribution < 1.29 is 47.8 Å². The molecule has 0 aromatic heterocycles. The van der Waals surface area contributed by atoms with Crippen LogP contribution >= 0.6 is 0 Å². The van der Waals surface area contributed by atoms with Gasteiger partial charge in [0.05, 0.1) is 51.8 Å². The molecule has 2 heterocycles. The molecule has 5 rings (SSSR count). The van der Waals surface area contributed by atoms with Crippen LogP contribution < -0.4 is 9.47 Å². The lowest BCUT2D eigenvalue weighted by Gasteiger charge is -2.61. The van der Waals surface area contributed by atoms with Crippen molar-refractivity contribution in [2.45, 2.75) is 124 Å². The number of ether oxygens (including phenoxy) is 8. The minimum atomic E-state index is -1.01. The van der Waals surface area contributed by atoms with Crippen LogP contribution in [0.25, 0.3) is 0 Å². The summed E-state index contributed by atoms with van der Waals surface area (Å²) in [4.78, 5) is 15.6. The van der Waals surface area contributed by atoms with Crippen LogP contribution in [0.15, 0.2) is 12.1 Å². The van der Waals surface area contributed by atoms with Crippen LogP contribution in [0.2, 0.25) is 0 Å². The van der Waals surface area contributed by atoms with Crippen molar-refractivity contribution >= 4 is 6.16 Å². The van der Waals surface area contributed by atoms with E-state index in [9.17, 15) is 9.90 Å². The van der Waals surface area contributed by atoms with Gasteiger partial charge in [-0.15, -0.1) is 0 Å². The Bertz CT molecular complexity index is 1250. The van der Waals surface area contributed by atoms with E-state index >= 15 is 0 Å². The lowest BCUT2D eigenvalue weighted by atomic mass is 9.49. The van der Waals surface area contributed by atoms with E-state index in [1.54, 1.807) is 20.3 Å². The topological polar surface area (TPSA) is 114 Å². The molecule has 0 radical (unpaired) electrons. The molecule has 306 valence electrons. The third-order valence-electron chi connectivity index (χ3n) is 11.9. The second-order valence-corrected chi connectivity index (χ2v) is 15.7. The van der Waals surface area contributed by atoms with Gasteiger partial charge in [-0.3, -0.25) is 0 Å². The molecule has 1 aromatic carbocycles. The van der Waals surface area contributed by atoms with Crippen molar-refractivity contribution in [3.05, 3.63) is 23.3 Å². The van der Waals surface area contributed by atoms with E-state index in [0.29, 0.717) is 51.1 Å². The summed E-state index contributed by atoms with van der Waals surface area (Å²) in [5.74, 6) is 1.77. The number of hydrogen-bond acceptors (Lipinski definition) is 11. The number of benzene rings is 1. The first-order valence-corrected chi connectivity index (χ1v) is 20.2. The molecule has 6 unspecified atom stereocenters. The van der Waals surface area contributed by atoms with Crippen LogP contribution in [0.4, 0.5) is 4.79 Å². The van der Waals surface area contributed by atoms with Gasteiger partial charge >= 0.3 is 6.16 Å². The summed E-state index contributed by atoms with van der Waals surface area (Å²) in [7, 11) is 3.37. The second-order valence-electron chi connectivity index (χ2n) is 15.7. The first-order chi connectivity index (χ1) is 25.4. The monoisotopic (exact) mass is 752 g/mol. The Kier molecular flexibility index (Phi) is 17.8. The smallest absolute Gasteiger partial charge is 0.483 e. The fraction of sp³-hybridized carbons (Fsp3) is 0.833. The van der Waals surface area contributed by atoms with Gasteiger partial charge in [0.25, 0.3) is 0 Å². The standard InChI is InChI=1S/C38H61NO10.2C2H6/c1-25-9-12-30(48-35(40)47-22-21-46-20-19-45-18-17-44-16-15-42-7)33-31(25)38-13-14-39(24-27-10-11-27)26(2)28(38)23-29(32(43-8)34(38)49-33)37(6,41)36(3,4)5;2*1-2/h9,12,26-29,32,34,41H,10-11,13-24H2,1-8H3;2*1-2H3/t26?,28?,29?,32?,34-,37?,38?;;/m0../s1. The number of nitrogens with zero attached hydrogens (tertiary/aromatic N) is 1. The highest BCUT2D eigenvalue weighted by molar-refractivity contribution is 5.68. The second kappa shape index (κ2) is 20.8. The number of hydrogen-bond donors (Lipinski definition) is 1. The van der Waals surface area contributed by atoms with E-state index in [4.69, 9.17) is 37.9 Å². The number of likely N-dealkylation sites (tertiary alicyclic amines) is 1. The van der Waals surface area contributed by atoms with E-state index in [-0.39, 0.29) is 54.1 Å². The van der Waals surface area contributed by atoms with Gasteiger partial charge in [-0.05, 0) is 81.9 Å². The van der Waals surface area contributed by atoms with Crippen molar-refractivity contribution in [2.75, 3.05) is 80.2 Å². The minimum Gasteiger partial charge on any atom is -0.483 e. The quantitative estimate of drug-likeness (QED) is 0.0990. The first kappa shape index (κ1) is 45.4. The highest BCUT2D eigenvalue weighted by atomic mass is 16.7. The number of carbonyl (C=O) groups is 1. The number of methoxy groups -OCH3 is 2. The number of carbonyl (C=O) groups excluding carboxylic acids is 1. The zero-order chi connectivity index (χ0) is 39.4. The summed E-state index contributed by atoms with van der Waals surface area (Å²) in [5, 5.41) is 12.2. The lowest BCUT2D eigenvalue weighted by Crippen LogP contribution is -2.69. The summed E-state index contributed by atoms with van der Waals surface area (Å²) in [6.45, 7) is 25.9. The highest BCUT2D eigenvalue weighted by Crippen LogP contribution is 2.64. The molecule has 1 aromatic rings. The maximum Gasteiger partial charge on any atom is 0.514 e. The maximum atomic E-state index is 12.9. The van der Waals surface area contributed by atoms with Gasteiger partial charge in [0.15, 0.2) is 11.5 Å². The Morgan fingerprint density at radius 3 is 2.06 bits per heavy atom. The van der Waals surface area contributed by atoms with Crippen molar-refractivity contribution in [3.8, 4) is 11.5 Å². The summed E-state index contributed by atoms with van der Waals surface area (Å²) < 4.78 is 45.8. The van der Waals surface area contributed by atoms with Crippen LogP contribution in [-0.4, -0.2) is 120 Å². The van der Waals surface area contributed by atoms with E-state index in [2.05, 4.69) is 39.5 Å². The molecule has 7 atom stereocenters. The molecule has 0 amide bonds. The molecule has 1 saturated heterocycles. The third-order valence-corrected chi connectivity index (χ3v) is 11.9. The van der Waals surface area contributed by atoms with Gasteiger partial charge in [0, 0.05) is 43.7 Å². The largest absolute Gasteiger partial charge is 0.514 e. The number of piperidine rings is 1. The zero-order valence-corrected chi connectivity index (χ0v) is 35.1. The molecule has 11 heteroatoms. The van der Waals surface area contributed by atoms with Gasteiger partial charge in [-0.25, -0.2) is 4.79 Å². The third kappa shape index (κ3) is 10.5. The Hall–Kier alpha value is -1.99. The molecule has 2 aliphatic heterocycles.